The Morgan fingerprint density at radius 3 is 2.69 bits per heavy atom. The molecule has 0 saturated carbocycles. The molecule has 9 nitrogen and oxygen atoms in total. The van der Waals surface area contributed by atoms with Crippen LogP contribution in [0.4, 0.5) is 10.1 Å². The first-order chi connectivity index (χ1) is 12.4. The number of carbonyl (C=O) groups excluding carboxylic acids is 2. The maximum Gasteiger partial charge on any atom is 0.310 e. The average Bonchev–Trinajstić information content (AvgIpc) is 2.59. The summed E-state index contributed by atoms with van der Waals surface area (Å²) in [6.07, 6.45) is 1.16. The summed E-state index contributed by atoms with van der Waals surface area (Å²) < 4.78 is 13.0. The lowest BCUT2D eigenvalue weighted by molar-refractivity contribution is -0.385. The number of nitrogens with one attached hydrogen (secondary N) is 2. The van der Waals surface area contributed by atoms with Crippen LogP contribution in [0.25, 0.3) is 0 Å². The second kappa shape index (κ2) is 8.33. The zero-order chi connectivity index (χ0) is 19.1. The van der Waals surface area contributed by atoms with E-state index in [-0.39, 0.29) is 5.56 Å². The Balaban J connectivity index is 1.85. The monoisotopic (exact) mass is 360 g/mol. The Labute approximate surface area is 146 Å². The summed E-state index contributed by atoms with van der Waals surface area (Å²) >= 11 is 0. The number of halogens is 1. The molecule has 0 bridgehead atoms. The summed E-state index contributed by atoms with van der Waals surface area (Å²) in [5, 5.41) is 26.0. The molecule has 0 radical (unpaired) electrons. The number of nitrogens with zero attached hydrogens (tertiary/aromatic N) is 2. The first kappa shape index (κ1) is 18.5. The second-order valence-corrected chi connectivity index (χ2v) is 4.99. The number of hydrogen-bond acceptors (Lipinski definition) is 6. The lowest BCUT2D eigenvalue weighted by Gasteiger charge is -2.04. The number of carbonyl (C=O) groups is 2. The third-order valence-electron chi connectivity index (χ3n) is 3.10. The average molecular weight is 360 g/mol. The van der Waals surface area contributed by atoms with Crippen molar-refractivity contribution in [1.29, 1.82) is 0 Å². The molecule has 0 aromatic heterocycles. The molecular formula is C16H13FN4O5. The van der Waals surface area contributed by atoms with Crippen LogP contribution in [-0.4, -0.2) is 34.6 Å². The summed E-state index contributed by atoms with van der Waals surface area (Å²) in [6.45, 7) is -0.391. The molecule has 0 aliphatic heterocycles. The van der Waals surface area contributed by atoms with Crippen LogP contribution < -0.4 is 10.7 Å². The number of phenolic OH excluding ortho intramolecular Hbond substituents is 1. The molecule has 0 saturated heterocycles. The molecule has 0 aliphatic carbocycles. The normalized spacial score (nSPS) is 10.5. The van der Waals surface area contributed by atoms with Gasteiger partial charge in [0.1, 0.15) is 5.82 Å². The minimum absolute atomic E-state index is 0.0719. The molecule has 2 rings (SSSR count). The van der Waals surface area contributed by atoms with Crippen molar-refractivity contribution in [2.24, 2.45) is 5.10 Å². The number of nitro groups is 1. The number of phenols is 1. The Morgan fingerprint density at radius 1 is 1.27 bits per heavy atom. The molecule has 0 fully saturated rings. The van der Waals surface area contributed by atoms with Crippen LogP contribution >= 0.6 is 0 Å². The van der Waals surface area contributed by atoms with Gasteiger partial charge in [-0.05, 0) is 35.9 Å². The van der Waals surface area contributed by atoms with E-state index in [1.165, 1.54) is 24.3 Å². The standard InChI is InChI=1S/C16H13FN4O5/c17-12-3-1-2-11(7-12)16(24)18-9-15(23)20-19-8-10-4-5-13(21(25)26)14(22)6-10/h1-8,22H,9H2,(H,18,24)(H,20,23)/b19-8-. The molecule has 0 spiro atoms. The van der Waals surface area contributed by atoms with Crippen LogP contribution in [0.2, 0.25) is 0 Å². The molecule has 0 unspecified atom stereocenters. The molecule has 3 N–H and O–H groups in total. The van der Waals surface area contributed by atoms with Crippen LogP contribution in [0.5, 0.6) is 5.75 Å². The van der Waals surface area contributed by atoms with Crippen molar-refractivity contribution >= 4 is 23.7 Å². The van der Waals surface area contributed by atoms with E-state index in [0.717, 1.165) is 24.4 Å². The van der Waals surface area contributed by atoms with Crippen molar-refractivity contribution in [2.45, 2.75) is 0 Å². The highest BCUT2D eigenvalue weighted by molar-refractivity contribution is 5.96. The maximum absolute atomic E-state index is 13.0. The SMILES string of the molecule is O=C(CNC(=O)c1cccc(F)c1)N/N=C\c1ccc([N+](=O)[O-])c(O)c1. The third-order valence-corrected chi connectivity index (χ3v) is 3.10. The van der Waals surface area contributed by atoms with Gasteiger partial charge in [0.25, 0.3) is 11.8 Å². The minimum Gasteiger partial charge on any atom is -0.502 e. The Morgan fingerprint density at radius 2 is 2.04 bits per heavy atom. The number of nitro benzene ring substituents is 1. The van der Waals surface area contributed by atoms with E-state index in [0.29, 0.717) is 5.56 Å². The van der Waals surface area contributed by atoms with E-state index in [4.69, 9.17) is 0 Å². The van der Waals surface area contributed by atoms with Gasteiger partial charge < -0.3 is 10.4 Å². The zero-order valence-electron chi connectivity index (χ0n) is 13.2. The van der Waals surface area contributed by atoms with Gasteiger partial charge in [-0.15, -0.1) is 0 Å². The van der Waals surface area contributed by atoms with Crippen molar-refractivity contribution in [2.75, 3.05) is 6.54 Å². The fourth-order valence-electron chi connectivity index (χ4n) is 1.89. The van der Waals surface area contributed by atoms with Crippen molar-refractivity contribution in [3.63, 3.8) is 0 Å². The van der Waals surface area contributed by atoms with Gasteiger partial charge in [0.05, 0.1) is 17.7 Å². The molecule has 134 valence electrons. The molecular weight excluding hydrogens is 347 g/mol. The summed E-state index contributed by atoms with van der Waals surface area (Å²) in [5.74, 6) is -2.37. The quantitative estimate of drug-likeness (QED) is 0.406. The van der Waals surface area contributed by atoms with Crippen LogP contribution in [0, 0.1) is 15.9 Å². The van der Waals surface area contributed by atoms with Crippen molar-refractivity contribution in [3.8, 4) is 5.75 Å². The highest BCUT2D eigenvalue weighted by Crippen LogP contribution is 2.25. The van der Waals surface area contributed by atoms with E-state index in [2.05, 4.69) is 15.8 Å². The van der Waals surface area contributed by atoms with Gasteiger partial charge in [-0.3, -0.25) is 19.7 Å². The van der Waals surface area contributed by atoms with Crippen LogP contribution in [-0.2, 0) is 4.79 Å². The van der Waals surface area contributed by atoms with E-state index >= 15 is 0 Å². The van der Waals surface area contributed by atoms with Gasteiger partial charge in [0, 0.05) is 11.6 Å². The molecule has 26 heavy (non-hydrogen) atoms. The lowest BCUT2D eigenvalue weighted by atomic mass is 10.2. The van der Waals surface area contributed by atoms with Gasteiger partial charge >= 0.3 is 5.69 Å². The summed E-state index contributed by atoms with van der Waals surface area (Å²) in [4.78, 5) is 33.2. The molecule has 2 aromatic carbocycles. The minimum atomic E-state index is -0.737. The number of amides is 2. The molecule has 0 aliphatic rings. The lowest BCUT2D eigenvalue weighted by Crippen LogP contribution is -2.34. The number of benzene rings is 2. The van der Waals surface area contributed by atoms with Gasteiger partial charge in [-0.25, -0.2) is 9.82 Å². The van der Waals surface area contributed by atoms with Crippen LogP contribution in [0.3, 0.4) is 0 Å². The third kappa shape index (κ3) is 5.09. The summed E-state index contributed by atoms with van der Waals surface area (Å²) in [7, 11) is 0. The Hall–Kier alpha value is -3.82. The number of rotatable bonds is 6. The predicted octanol–water partition coefficient (Wildman–Crippen LogP) is 1.32. The van der Waals surface area contributed by atoms with Crippen LogP contribution in [0.1, 0.15) is 15.9 Å². The van der Waals surface area contributed by atoms with Gasteiger partial charge in [0.2, 0.25) is 0 Å². The number of hydrazone groups is 1. The van der Waals surface area contributed by atoms with Crippen molar-refractivity contribution in [3.05, 3.63) is 69.5 Å². The highest BCUT2D eigenvalue weighted by Gasteiger charge is 2.12. The van der Waals surface area contributed by atoms with E-state index in [1.54, 1.807) is 0 Å². The first-order valence-electron chi connectivity index (χ1n) is 7.20. The predicted molar refractivity (Wildman–Crippen MR) is 89.2 cm³/mol. The van der Waals surface area contributed by atoms with Gasteiger partial charge in [-0.1, -0.05) is 6.07 Å². The summed E-state index contributed by atoms with van der Waals surface area (Å²) in [6, 6.07) is 8.53. The Kier molecular flexibility index (Phi) is 5.93. The molecule has 2 amide bonds. The fraction of sp³-hybridized carbons (Fsp3) is 0.0625. The number of hydrogen-bond donors (Lipinski definition) is 3. The summed E-state index contributed by atoms with van der Waals surface area (Å²) in [5.41, 5.74) is 2.07. The van der Waals surface area contributed by atoms with E-state index < -0.39 is 40.5 Å². The second-order valence-electron chi connectivity index (χ2n) is 4.99. The highest BCUT2D eigenvalue weighted by atomic mass is 19.1. The first-order valence-corrected chi connectivity index (χ1v) is 7.20. The van der Waals surface area contributed by atoms with Crippen molar-refractivity contribution in [1.82, 2.24) is 10.7 Å². The molecule has 0 heterocycles. The van der Waals surface area contributed by atoms with Crippen LogP contribution in [0.15, 0.2) is 47.6 Å². The van der Waals surface area contributed by atoms with Crippen molar-refractivity contribution < 1.29 is 24.0 Å². The number of aromatic hydroxyl groups is 1. The van der Waals surface area contributed by atoms with Gasteiger partial charge in [0.15, 0.2) is 5.75 Å². The topological polar surface area (TPSA) is 134 Å². The molecule has 2 aromatic rings. The Bertz CT molecular complexity index is 885. The van der Waals surface area contributed by atoms with Gasteiger partial charge in [-0.2, -0.15) is 5.10 Å². The largest absolute Gasteiger partial charge is 0.502 e. The smallest absolute Gasteiger partial charge is 0.310 e. The van der Waals surface area contributed by atoms with E-state index in [9.17, 15) is 29.2 Å². The fourth-order valence-corrected chi connectivity index (χ4v) is 1.89. The van der Waals surface area contributed by atoms with E-state index in [1.807, 2.05) is 0 Å². The molecule has 0 atom stereocenters. The zero-order valence-corrected chi connectivity index (χ0v) is 13.2. The maximum atomic E-state index is 13.0. The molecule has 10 heteroatoms.